The normalized spacial score (nSPS) is 12.9. The van der Waals surface area contributed by atoms with E-state index in [1.54, 1.807) is 0 Å². The van der Waals surface area contributed by atoms with E-state index in [2.05, 4.69) is 142 Å². The van der Waals surface area contributed by atoms with Gasteiger partial charge < -0.3 is 14.2 Å². The van der Waals surface area contributed by atoms with Crippen molar-refractivity contribution < 1.29 is 28.6 Å². The van der Waals surface area contributed by atoms with Crippen molar-refractivity contribution in [1.82, 2.24) is 0 Å². The summed E-state index contributed by atoms with van der Waals surface area (Å²) in [5.41, 5.74) is 0. The third kappa shape index (κ3) is 64.5. The molecule has 1 unspecified atom stereocenters. The summed E-state index contributed by atoms with van der Waals surface area (Å²) in [6.45, 7) is 6.37. The molecule has 0 N–H and O–H groups in total. The van der Waals surface area contributed by atoms with Gasteiger partial charge in [-0.15, -0.1) is 0 Å². The van der Waals surface area contributed by atoms with E-state index in [1.165, 1.54) is 128 Å². The highest BCUT2D eigenvalue weighted by Gasteiger charge is 2.19. The van der Waals surface area contributed by atoms with Gasteiger partial charge in [0.1, 0.15) is 13.2 Å². The summed E-state index contributed by atoms with van der Waals surface area (Å²) in [4.78, 5) is 38.1. The molecular weight excluding hydrogens is 973 g/mol. The molecular formula is C73H122O6. The number of unbranched alkanes of at least 4 members (excludes halogenated alkanes) is 28. The van der Waals surface area contributed by atoms with Crippen LogP contribution in [0.1, 0.15) is 303 Å². The van der Waals surface area contributed by atoms with E-state index in [0.29, 0.717) is 19.3 Å². The van der Waals surface area contributed by atoms with E-state index in [4.69, 9.17) is 14.2 Å². The predicted molar refractivity (Wildman–Crippen MR) is 343 cm³/mol. The Morgan fingerprint density at radius 1 is 0.266 bits per heavy atom. The van der Waals surface area contributed by atoms with Crippen LogP contribution < -0.4 is 0 Å². The van der Waals surface area contributed by atoms with Crippen molar-refractivity contribution in [3.63, 3.8) is 0 Å². The van der Waals surface area contributed by atoms with Crippen molar-refractivity contribution in [3.8, 4) is 0 Å². The molecule has 6 nitrogen and oxygen atoms in total. The van der Waals surface area contributed by atoms with Gasteiger partial charge in [-0.2, -0.15) is 0 Å². The first-order chi connectivity index (χ1) is 39.0. The molecule has 0 saturated carbocycles. The first-order valence-corrected chi connectivity index (χ1v) is 33.0. The van der Waals surface area contributed by atoms with Crippen molar-refractivity contribution in [3.05, 3.63) is 122 Å². The predicted octanol–water partition coefficient (Wildman–Crippen LogP) is 22.8. The van der Waals surface area contributed by atoms with Crippen molar-refractivity contribution in [2.45, 2.75) is 309 Å². The van der Waals surface area contributed by atoms with E-state index >= 15 is 0 Å². The maximum atomic E-state index is 12.8. The van der Waals surface area contributed by atoms with Gasteiger partial charge in [0.15, 0.2) is 6.10 Å². The van der Waals surface area contributed by atoms with Gasteiger partial charge in [0, 0.05) is 19.3 Å². The Hall–Kier alpha value is -4.19. The molecule has 450 valence electrons. The van der Waals surface area contributed by atoms with Gasteiger partial charge in [-0.1, -0.05) is 296 Å². The molecule has 0 aromatic heterocycles. The summed E-state index contributed by atoms with van der Waals surface area (Å²) < 4.78 is 16.8. The number of hydrogen-bond acceptors (Lipinski definition) is 6. The lowest BCUT2D eigenvalue weighted by molar-refractivity contribution is -0.167. The number of esters is 3. The summed E-state index contributed by atoms with van der Waals surface area (Å²) in [5, 5.41) is 0. The van der Waals surface area contributed by atoms with Gasteiger partial charge >= 0.3 is 17.9 Å². The fourth-order valence-electron chi connectivity index (χ4n) is 9.09. The summed E-state index contributed by atoms with van der Waals surface area (Å²) in [6, 6.07) is 0. The number of allylic oxidation sites excluding steroid dienone is 20. The monoisotopic (exact) mass is 1090 g/mol. The zero-order valence-corrected chi connectivity index (χ0v) is 51.6. The standard InChI is InChI=1S/C73H122O6/c1-4-7-10-13-16-18-20-22-24-26-28-29-30-31-32-33-34-35-36-37-38-39-40-41-42-43-45-46-48-50-52-54-57-60-63-66-72(75)78-69-70(68-77-71(74)65-62-59-56-15-12-9-6-3)79-73(76)67-64-61-58-55-53-51-49-47-44-27-25-23-21-19-17-14-11-8-5-2/h7-8,10-11,16-19,22-25,28-29,31-32,34-35,44,47,70H,4-6,9,12-15,20-21,26-27,30,33,36-43,45-46,48-69H2,1-3H3/b10-7-,11-8-,18-16-,19-17-,24-22-,25-23-,29-28-,32-31-,35-34-,47-44-. The van der Waals surface area contributed by atoms with E-state index in [9.17, 15) is 14.4 Å². The SMILES string of the molecule is CC/C=C\C/C=C\C/C=C\C/C=C\C/C=C\C/C=C\CCCCCCCCCCCCCCCCCCC(=O)OCC(COC(=O)CCCCCCCCC)OC(=O)CCCCCCCC/C=C\C/C=C\C/C=C\C/C=C\CC. The topological polar surface area (TPSA) is 78.9 Å². The molecule has 6 heteroatoms. The molecule has 1 atom stereocenters. The van der Waals surface area contributed by atoms with Crippen LogP contribution in [0.3, 0.4) is 0 Å². The molecule has 0 aromatic rings. The van der Waals surface area contributed by atoms with Crippen LogP contribution in [0.5, 0.6) is 0 Å². The third-order valence-electron chi connectivity index (χ3n) is 14.0. The number of carbonyl (C=O) groups excluding carboxylic acids is 3. The molecule has 0 aliphatic rings. The largest absolute Gasteiger partial charge is 0.462 e. The lowest BCUT2D eigenvalue weighted by atomic mass is 10.0. The van der Waals surface area contributed by atoms with Crippen molar-refractivity contribution in [2.24, 2.45) is 0 Å². The molecule has 0 aliphatic carbocycles. The summed E-state index contributed by atoms with van der Waals surface area (Å²) in [7, 11) is 0. The van der Waals surface area contributed by atoms with E-state index in [1.807, 2.05) is 0 Å². The summed E-state index contributed by atoms with van der Waals surface area (Å²) in [6.07, 6.45) is 92.4. The van der Waals surface area contributed by atoms with Crippen LogP contribution in [-0.2, 0) is 28.6 Å². The Kier molecular flexibility index (Phi) is 62.8. The minimum Gasteiger partial charge on any atom is -0.462 e. The minimum atomic E-state index is -0.784. The highest BCUT2D eigenvalue weighted by atomic mass is 16.6. The zero-order valence-electron chi connectivity index (χ0n) is 51.6. The first kappa shape index (κ1) is 74.8. The summed E-state index contributed by atoms with van der Waals surface area (Å²) in [5.74, 6) is -0.897. The Morgan fingerprint density at radius 2 is 0.494 bits per heavy atom. The molecule has 0 radical (unpaired) electrons. The Morgan fingerprint density at radius 3 is 0.772 bits per heavy atom. The van der Waals surface area contributed by atoms with Crippen molar-refractivity contribution in [1.29, 1.82) is 0 Å². The minimum absolute atomic E-state index is 0.0824. The van der Waals surface area contributed by atoms with Gasteiger partial charge in [-0.3, -0.25) is 14.4 Å². The molecule has 0 spiro atoms. The second-order valence-electron chi connectivity index (χ2n) is 21.6. The lowest BCUT2D eigenvalue weighted by Crippen LogP contribution is -2.30. The van der Waals surface area contributed by atoms with Gasteiger partial charge in [-0.05, 0) is 109 Å². The Labute approximate surface area is 488 Å². The van der Waals surface area contributed by atoms with Crippen LogP contribution in [0.15, 0.2) is 122 Å². The number of rotatable bonds is 59. The van der Waals surface area contributed by atoms with Crippen molar-refractivity contribution >= 4 is 17.9 Å². The summed E-state index contributed by atoms with van der Waals surface area (Å²) >= 11 is 0. The Balaban J connectivity index is 4.06. The van der Waals surface area contributed by atoms with Crippen LogP contribution >= 0.6 is 0 Å². The van der Waals surface area contributed by atoms with Gasteiger partial charge in [0.2, 0.25) is 0 Å². The highest BCUT2D eigenvalue weighted by molar-refractivity contribution is 5.71. The quantitative estimate of drug-likeness (QED) is 0.0261. The average Bonchev–Trinajstić information content (AvgIpc) is 3.45. The lowest BCUT2D eigenvalue weighted by Gasteiger charge is -2.18. The molecule has 0 rings (SSSR count). The number of carbonyl (C=O) groups is 3. The average molecular weight is 1100 g/mol. The van der Waals surface area contributed by atoms with Gasteiger partial charge in [-0.25, -0.2) is 0 Å². The molecule has 0 aliphatic heterocycles. The smallest absolute Gasteiger partial charge is 0.306 e. The molecule has 0 amide bonds. The van der Waals surface area contributed by atoms with E-state index in [0.717, 1.165) is 135 Å². The molecule has 0 bridgehead atoms. The van der Waals surface area contributed by atoms with Crippen molar-refractivity contribution in [2.75, 3.05) is 13.2 Å². The highest BCUT2D eigenvalue weighted by Crippen LogP contribution is 2.16. The first-order valence-electron chi connectivity index (χ1n) is 33.0. The zero-order chi connectivity index (χ0) is 57.1. The van der Waals surface area contributed by atoms with Crippen LogP contribution in [0.2, 0.25) is 0 Å². The van der Waals surface area contributed by atoms with E-state index < -0.39 is 6.10 Å². The Bertz CT molecular complexity index is 1640. The van der Waals surface area contributed by atoms with E-state index in [-0.39, 0.29) is 31.1 Å². The number of ether oxygens (including phenoxy) is 3. The number of hydrogen-bond donors (Lipinski definition) is 0. The van der Waals surface area contributed by atoms with Gasteiger partial charge in [0.05, 0.1) is 0 Å². The maximum Gasteiger partial charge on any atom is 0.306 e. The fourth-order valence-corrected chi connectivity index (χ4v) is 9.09. The molecule has 0 heterocycles. The fraction of sp³-hybridized carbons (Fsp3) is 0.685. The third-order valence-corrected chi connectivity index (χ3v) is 14.0. The second-order valence-corrected chi connectivity index (χ2v) is 21.6. The van der Waals surface area contributed by atoms with Gasteiger partial charge in [0.25, 0.3) is 0 Å². The molecule has 0 fully saturated rings. The second kappa shape index (κ2) is 66.3. The van der Waals surface area contributed by atoms with Crippen LogP contribution in [0, 0.1) is 0 Å². The molecule has 0 saturated heterocycles. The van der Waals surface area contributed by atoms with Crippen LogP contribution in [0.4, 0.5) is 0 Å². The maximum absolute atomic E-state index is 12.8. The van der Waals surface area contributed by atoms with Crippen LogP contribution in [-0.4, -0.2) is 37.2 Å². The molecule has 0 aromatic carbocycles. The molecule has 79 heavy (non-hydrogen) atoms. The van der Waals surface area contributed by atoms with Crippen LogP contribution in [0.25, 0.3) is 0 Å².